The molecule has 1 aromatic heterocycles. The Morgan fingerprint density at radius 2 is 2.20 bits per heavy atom. The smallest absolute Gasteiger partial charge is 0.222 e. The molecule has 1 atom stereocenters. The molecule has 1 unspecified atom stereocenters. The molecule has 6 nitrogen and oxygen atoms in total. The van der Waals surface area contributed by atoms with Crippen LogP contribution in [0.3, 0.4) is 0 Å². The third-order valence-corrected chi connectivity index (χ3v) is 3.70. The zero-order chi connectivity index (χ0) is 14.7. The van der Waals surface area contributed by atoms with E-state index >= 15 is 0 Å². The second kappa shape index (κ2) is 6.07. The molecule has 1 aliphatic rings. The highest BCUT2D eigenvalue weighted by atomic mass is 16.1. The van der Waals surface area contributed by atoms with E-state index in [1.54, 1.807) is 0 Å². The monoisotopic (exact) mass is 277 g/mol. The first-order chi connectivity index (χ1) is 9.52. The molecule has 20 heavy (non-hydrogen) atoms. The van der Waals surface area contributed by atoms with Crippen molar-refractivity contribution in [3.63, 3.8) is 0 Å². The van der Waals surface area contributed by atoms with Crippen LogP contribution in [-0.2, 0) is 4.79 Å². The lowest BCUT2D eigenvalue weighted by molar-refractivity contribution is -0.122. The number of nitrogens with one attached hydrogen (secondary N) is 1. The van der Waals surface area contributed by atoms with Crippen LogP contribution in [0.4, 0.5) is 11.6 Å². The first-order valence-corrected chi connectivity index (χ1v) is 7.16. The zero-order valence-electron chi connectivity index (χ0n) is 12.4. The average Bonchev–Trinajstić information content (AvgIpc) is 2.43. The van der Waals surface area contributed by atoms with Gasteiger partial charge in [0.1, 0.15) is 17.5 Å². The van der Waals surface area contributed by atoms with E-state index in [4.69, 9.17) is 5.73 Å². The molecule has 1 saturated heterocycles. The number of carbonyl (C=O) groups excluding carboxylic acids is 1. The van der Waals surface area contributed by atoms with E-state index in [0.717, 1.165) is 49.0 Å². The minimum Gasteiger partial charge on any atom is -0.370 e. The van der Waals surface area contributed by atoms with Crippen LogP contribution >= 0.6 is 0 Å². The van der Waals surface area contributed by atoms with Crippen LogP contribution in [-0.4, -0.2) is 35.5 Å². The Morgan fingerprint density at radius 3 is 2.85 bits per heavy atom. The Kier molecular flexibility index (Phi) is 4.42. The summed E-state index contributed by atoms with van der Waals surface area (Å²) in [5.41, 5.74) is 6.47. The van der Waals surface area contributed by atoms with Crippen molar-refractivity contribution in [2.24, 2.45) is 11.7 Å². The molecule has 0 spiro atoms. The number of hydrogen-bond donors (Lipinski definition) is 2. The summed E-state index contributed by atoms with van der Waals surface area (Å²) in [6, 6.07) is 0. The third-order valence-electron chi connectivity index (χ3n) is 3.70. The van der Waals surface area contributed by atoms with Gasteiger partial charge in [-0.05, 0) is 33.6 Å². The Balaban J connectivity index is 2.29. The summed E-state index contributed by atoms with van der Waals surface area (Å²) in [6.07, 6.45) is 1.83. The maximum Gasteiger partial charge on any atom is 0.222 e. The number of aryl methyl sites for hydroxylation is 1. The summed E-state index contributed by atoms with van der Waals surface area (Å²) in [7, 11) is 0. The van der Waals surface area contributed by atoms with Gasteiger partial charge in [0, 0.05) is 25.2 Å². The molecule has 0 saturated carbocycles. The van der Waals surface area contributed by atoms with Gasteiger partial charge in [0.05, 0.1) is 5.92 Å². The maximum absolute atomic E-state index is 11.4. The van der Waals surface area contributed by atoms with Gasteiger partial charge in [-0.25, -0.2) is 9.97 Å². The molecule has 1 aromatic rings. The van der Waals surface area contributed by atoms with Gasteiger partial charge in [0.15, 0.2) is 0 Å². The van der Waals surface area contributed by atoms with Gasteiger partial charge in [-0.2, -0.15) is 0 Å². The Labute approximate surface area is 119 Å². The minimum atomic E-state index is -0.218. The van der Waals surface area contributed by atoms with Gasteiger partial charge in [0.2, 0.25) is 5.91 Å². The number of primary amides is 1. The van der Waals surface area contributed by atoms with Crippen LogP contribution < -0.4 is 16.0 Å². The van der Waals surface area contributed by atoms with Crippen molar-refractivity contribution in [2.45, 2.75) is 33.6 Å². The molecular weight excluding hydrogens is 254 g/mol. The fraction of sp³-hybridized carbons (Fsp3) is 0.643. The van der Waals surface area contributed by atoms with Crippen molar-refractivity contribution in [3.05, 3.63) is 11.4 Å². The van der Waals surface area contributed by atoms with Crippen molar-refractivity contribution in [3.8, 4) is 0 Å². The van der Waals surface area contributed by atoms with Crippen molar-refractivity contribution >= 4 is 17.5 Å². The highest BCUT2D eigenvalue weighted by molar-refractivity contribution is 5.77. The van der Waals surface area contributed by atoms with Gasteiger partial charge in [-0.1, -0.05) is 0 Å². The molecule has 2 heterocycles. The third kappa shape index (κ3) is 3.00. The first-order valence-electron chi connectivity index (χ1n) is 7.16. The van der Waals surface area contributed by atoms with Gasteiger partial charge in [-0.15, -0.1) is 0 Å². The average molecular weight is 277 g/mol. The molecule has 0 radical (unpaired) electrons. The lowest BCUT2D eigenvalue weighted by atomic mass is 9.97. The molecule has 6 heteroatoms. The summed E-state index contributed by atoms with van der Waals surface area (Å²) < 4.78 is 0. The highest BCUT2D eigenvalue weighted by Gasteiger charge is 2.26. The van der Waals surface area contributed by atoms with Crippen molar-refractivity contribution < 1.29 is 4.79 Å². The molecule has 0 aromatic carbocycles. The second-order valence-corrected chi connectivity index (χ2v) is 5.29. The Hall–Kier alpha value is -1.85. The van der Waals surface area contributed by atoms with Crippen LogP contribution in [0.15, 0.2) is 0 Å². The summed E-state index contributed by atoms with van der Waals surface area (Å²) >= 11 is 0. The molecule has 1 aliphatic heterocycles. The number of nitrogens with zero attached hydrogens (tertiary/aromatic N) is 3. The van der Waals surface area contributed by atoms with Gasteiger partial charge in [-0.3, -0.25) is 4.79 Å². The van der Waals surface area contributed by atoms with Crippen molar-refractivity contribution in [2.75, 3.05) is 29.9 Å². The largest absolute Gasteiger partial charge is 0.370 e. The fourth-order valence-corrected chi connectivity index (χ4v) is 2.66. The highest BCUT2D eigenvalue weighted by Crippen LogP contribution is 2.27. The number of aromatic nitrogens is 2. The molecule has 1 amide bonds. The molecule has 110 valence electrons. The van der Waals surface area contributed by atoms with Gasteiger partial charge in [0.25, 0.3) is 0 Å². The number of carbonyl (C=O) groups is 1. The molecule has 0 aliphatic carbocycles. The van der Waals surface area contributed by atoms with Crippen LogP contribution in [0.2, 0.25) is 0 Å². The van der Waals surface area contributed by atoms with E-state index in [9.17, 15) is 4.79 Å². The number of anilines is 2. The van der Waals surface area contributed by atoms with Gasteiger partial charge < -0.3 is 16.0 Å². The topological polar surface area (TPSA) is 84.1 Å². The van der Waals surface area contributed by atoms with Gasteiger partial charge >= 0.3 is 0 Å². The SMILES string of the molecule is CCNc1nc(C)nc(N2CCCC(C(N)=O)C2)c1C. The van der Waals surface area contributed by atoms with E-state index < -0.39 is 0 Å². The van der Waals surface area contributed by atoms with Crippen LogP contribution in [0.1, 0.15) is 31.2 Å². The summed E-state index contributed by atoms with van der Waals surface area (Å²) in [5.74, 6) is 2.23. The van der Waals surface area contributed by atoms with E-state index in [1.165, 1.54) is 0 Å². The normalized spacial score (nSPS) is 18.9. The maximum atomic E-state index is 11.4. The summed E-state index contributed by atoms with van der Waals surface area (Å²) in [5, 5.41) is 3.26. The summed E-state index contributed by atoms with van der Waals surface area (Å²) in [6.45, 7) is 8.33. The fourth-order valence-electron chi connectivity index (χ4n) is 2.66. The number of nitrogens with two attached hydrogens (primary N) is 1. The van der Waals surface area contributed by atoms with Crippen LogP contribution in [0, 0.1) is 19.8 Å². The number of amides is 1. The van der Waals surface area contributed by atoms with E-state index in [2.05, 4.69) is 20.2 Å². The van der Waals surface area contributed by atoms with E-state index in [-0.39, 0.29) is 11.8 Å². The lowest BCUT2D eigenvalue weighted by Crippen LogP contribution is -2.42. The van der Waals surface area contributed by atoms with E-state index in [1.807, 2.05) is 20.8 Å². The number of rotatable bonds is 4. The minimum absolute atomic E-state index is 0.0824. The molecule has 0 bridgehead atoms. The number of piperidine rings is 1. The predicted octanol–water partition coefficient (Wildman–Crippen LogP) is 1.23. The molecule has 3 N–H and O–H groups in total. The predicted molar refractivity (Wildman–Crippen MR) is 79.8 cm³/mol. The Bertz CT molecular complexity index is 503. The Morgan fingerprint density at radius 1 is 1.45 bits per heavy atom. The quantitative estimate of drug-likeness (QED) is 0.864. The lowest BCUT2D eigenvalue weighted by Gasteiger charge is -2.33. The second-order valence-electron chi connectivity index (χ2n) is 5.29. The van der Waals surface area contributed by atoms with Crippen molar-refractivity contribution in [1.29, 1.82) is 0 Å². The summed E-state index contributed by atoms with van der Waals surface area (Å²) in [4.78, 5) is 22.5. The van der Waals surface area contributed by atoms with Crippen LogP contribution in [0.25, 0.3) is 0 Å². The number of hydrogen-bond acceptors (Lipinski definition) is 5. The zero-order valence-corrected chi connectivity index (χ0v) is 12.4. The molecule has 2 rings (SSSR count). The van der Waals surface area contributed by atoms with Crippen LogP contribution in [0.5, 0.6) is 0 Å². The first kappa shape index (κ1) is 14.6. The standard InChI is InChI=1S/C14H23N5O/c1-4-16-13-9(2)14(18-10(3)17-13)19-7-5-6-11(8-19)12(15)20/h11H,4-8H2,1-3H3,(H2,15,20)(H,16,17,18). The van der Waals surface area contributed by atoms with Crippen molar-refractivity contribution in [1.82, 2.24) is 9.97 Å². The molecule has 1 fully saturated rings. The molecular formula is C14H23N5O. The van der Waals surface area contributed by atoms with E-state index in [0.29, 0.717) is 6.54 Å².